The summed E-state index contributed by atoms with van der Waals surface area (Å²) in [6.45, 7) is 3.52. The Morgan fingerprint density at radius 2 is 2.17 bits per heavy atom. The first-order valence-electron chi connectivity index (χ1n) is 6.44. The van der Waals surface area contributed by atoms with Crippen LogP contribution in [-0.2, 0) is 0 Å². The second-order valence-corrected chi connectivity index (χ2v) is 5.13. The van der Waals surface area contributed by atoms with Crippen molar-refractivity contribution in [2.75, 3.05) is 18.0 Å². The van der Waals surface area contributed by atoms with E-state index >= 15 is 0 Å². The first kappa shape index (κ1) is 13.3. The predicted octanol–water partition coefficient (Wildman–Crippen LogP) is 2.95. The zero-order valence-corrected chi connectivity index (χ0v) is 10.6. The van der Waals surface area contributed by atoms with Gasteiger partial charge in [-0.25, -0.2) is 8.78 Å². The average molecular weight is 255 g/mol. The molecular formula is C14H19F2NO. The van der Waals surface area contributed by atoms with Crippen molar-refractivity contribution in [3.05, 3.63) is 29.8 Å². The highest BCUT2D eigenvalue weighted by atomic mass is 19.2. The van der Waals surface area contributed by atoms with Crippen molar-refractivity contribution in [2.24, 2.45) is 5.92 Å². The summed E-state index contributed by atoms with van der Waals surface area (Å²) in [5.41, 5.74) is 0.744. The molecule has 1 saturated heterocycles. The molecule has 4 heteroatoms. The largest absolute Gasteiger partial charge is 0.393 e. The molecule has 0 radical (unpaired) electrons. The fourth-order valence-corrected chi connectivity index (χ4v) is 2.46. The van der Waals surface area contributed by atoms with Crippen LogP contribution in [-0.4, -0.2) is 24.3 Å². The van der Waals surface area contributed by atoms with Crippen LogP contribution >= 0.6 is 0 Å². The Morgan fingerprint density at radius 1 is 1.39 bits per heavy atom. The molecule has 0 aliphatic carbocycles. The topological polar surface area (TPSA) is 23.5 Å². The molecule has 0 saturated carbocycles. The lowest BCUT2D eigenvalue weighted by Crippen LogP contribution is -2.20. The third-order valence-corrected chi connectivity index (χ3v) is 3.55. The lowest BCUT2D eigenvalue weighted by atomic mass is 10.0. The molecule has 0 spiro atoms. The Bertz CT molecular complexity index is 409. The van der Waals surface area contributed by atoms with E-state index in [2.05, 4.69) is 4.90 Å². The summed E-state index contributed by atoms with van der Waals surface area (Å²) in [5.74, 6) is -1.06. The Labute approximate surface area is 106 Å². The quantitative estimate of drug-likeness (QED) is 0.894. The highest BCUT2D eigenvalue weighted by Gasteiger charge is 2.23. The molecule has 1 aromatic rings. The van der Waals surface area contributed by atoms with Gasteiger partial charge in [0.25, 0.3) is 0 Å². The van der Waals surface area contributed by atoms with E-state index in [1.54, 1.807) is 13.0 Å². The van der Waals surface area contributed by atoms with Crippen LogP contribution < -0.4 is 4.90 Å². The summed E-state index contributed by atoms with van der Waals surface area (Å²) in [5, 5.41) is 9.26. The Kier molecular flexibility index (Phi) is 4.17. The van der Waals surface area contributed by atoms with Crippen LogP contribution in [0.1, 0.15) is 26.2 Å². The van der Waals surface area contributed by atoms with Crippen molar-refractivity contribution in [2.45, 2.75) is 32.3 Å². The van der Waals surface area contributed by atoms with E-state index in [0.717, 1.165) is 38.0 Å². The van der Waals surface area contributed by atoms with Gasteiger partial charge in [0, 0.05) is 24.8 Å². The zero-order valence-electron chi connectivity index (χ0n) is 10.6. The van der Waals surface area contributed by atoms with E-state index in [9.17, 15) is 13.9 Å². The highest BCUT2D eigenvalue weighted by Crippen LogP contribution is 2.27. The molecular weight excluding hydrogens is 236 g/mol. The van der Waals surface area contributed by atoms with Gasteiger partial charge in [0.05, 0.1) is 6.10 Å². The van der Waals surface area contributed by atoms with Crippen LogP contribution in [0, 0.1) is 17.6 Å². The average Bonchev–Trinajstić information content (AvgIpc) is 2.79. The molecule has 1 heterocycles. The summed E-state index contributed by atoms with van der Waals surface area (Å²) in [4.78, 5) is 2.08. The number of benzene rings is 1. The van der Waals surface area contributed by atoms with Gasteiger partial charge in [-0.05, 0) is 44.2 Å². The minimum atomic E-state index is -0.802. The fourth-order valence-electron chi connectivity index (χ4n) is 2.46. The number of anilines is 1. The second kappa shape index (κ2) is 5.65. The summed E-state index contributed by atoms with van der Waals surface area (Å²) in [6.07, 6.45) is 2.57. The molecule has 100 valence electrons. The minimum Gasteiger partial charge on any atom is -0.393 e. The van der Waals surface area contributed by atoms with Gasteiger partial charge in [0.2, 0.25) is 0 Å². The van der Waals surface area contributed by atoms with Crippen molar-refractivity contribution in [1.82, 2.24) is 0 Å². The van der Waals surface area contributed by atoms with Crippen molar-refractivity contribution in [3.8, 4) is 0 Å². The van der Waals surface area contributed by atoms with Crippen LogP contribution in [0.5, 0.6) is 0 Å². The summed E-state index contributed by atoms with van der Waals surface area (Å²) in [6, 6.07) is 4.05. The molecule has 0 bridgehead atoms. The number of aliphatic hydroxyl groups excluding tert-OH is 1. The van der Waals surface area contributed by atoms with Crippen LogP contribution in [0.25, 0.3) is 0 Å². The lowest BCUT2D eigenvalue weighted by Gasteiger charge is -2.19. The number of aliphatic hydroxyl groups is 1. The molecule has 2 rings (SSSR count). The number of rotatable bonds is 4. The molecule has 2 atom stereocenters. The third-order valence-electron chi connectivity index (χ3n) is 3.55. The SMILES string of the molecule is CC(O)CCC1CCN(c2ccc(F)c(F)c2)C1. The van der Waals surface area contributed by atoms with E-state index in [0.29, 0.717) is 5.92 Å². The van der Waals surface area contributed by atoms with Crippen LogP contribution in [0.4, 0.5) is 14.5 Å². The summed E-state index contributed by atoms with van der Waals surface area (Å²) < 4.78 is 26.0. The molecule has 0 aromatic heterocycles. The molecule has 1 N–H and O–H groups in total. The fraction of sp³-hybridized carbons (Fsp3) is 0.571. The van der Waals surface area contributed by atoms with Crippen LogP contribution in [0.2, 0.25) is 0 Å². The molecule has 1 aromatic carbocycles. The van der Waals surface area contributed by atoms with Crippen molar-refractivity contribution < 1.29 is 13.9 Å². The highest BCUT2D eigenvalue weighted by molar-refractivity contribution is 5.47. The number of nitrogens with zero attached hydrogens (tertiary/aromatic N) is 1. The number of hydrogen-bond donors (Lipinski definition) is 1. The Hall–Kier alpha value is -1.16. The maximum absolute atomic E-state index is 13.1. The third kappa shape index (κ3) is 3.19. The van der Waals surface area contributed by atoms with Crippen molar-refractivity contribution >= 4 is 5.69 Å². The maximum Gasteiger partial charge on any atom is 0.160 e. The first-order chi connectivity index (χ1) is 8.56. The molecule has 18 heavy (non-hydrogen) atoms. The smallest absolute Gasteiger partial charge is 0.160 e. The van der Waals surface area contributed by atoms with Gasteiger partial charge < -0.3 is 10.0 Å². The number of hydrogen-bond acceptors (Lipinski definition) is 2. The summed E-state index contributed by atoms with van der Waals surface area (Å²) in [7, 11) is 0. The predicted molar refractivity (Wildman–Crippen MR) is 67.6 cm³/mol. The molecule has 1 aliphatic heterocycles. The Balaban J connectivity index is 1.93. The minimum absolute atomic E-state index is 0.262. The first-order valence-corrected chi connectivity index (χ1v) is 6.44. The monoisotopic (exact) mass is 255 g/mol. The van der Waals surface area contributed by atoms with Gasteiger partial charge in [-0.1, -0.05) is 0 Å². The van der Waals surface area contributed by atoms with Gasteiger partial charge in [0.1, 0.15) is 0 Å². The van der Waals surface area contributed by atoms with E-state index in [1.165, 1.54) is 12.1 Å². The van der Waals surface area contributed by atoms with Crippen LogP contribution in [0.15, 0.2) is 18.2 Å². The maximum atomic E-state index is 13.1. The molecule has 1 fully saturated rings. The second-order valence-electron chi connectivity index (χ2n) is 5.13. The molecule has 2 unspecified atom stereocenters. The number of halogens is 2. The van der Waals surface area contributed by atoms with E-state index in [1.807, 2.05) is 0 Å². The zero-order chi connectivity index (χ0) is 13.1. The van der Waals surface area contributed by atoms with Gasteiger partial charge in [-0.2, -0.15) is 0 Å². The van der Waals surface area contributed by atoms with E-state index in [4.69, 9.17) is 0 Å². The van der Waals surface area contributed by atoms with E-state index < -0.39 is 11.6 Å². The Morgan fingerprint density at radius 3 is 2.83 bits per heavy atom. The van der Waals surface area contributed by atoms with Crippen molar-refractivity contribution in [1.29, 1.82) is 0 Å². The molecule has 0 amide bonds. The van der Waals surface area contributed by atoms with Crippen molar-refractivity contribution in [3.63, 3.8) is 0 Å². The van der Waals surface area contributed by atoms with Gasteiger partial charge in [-0.15, -0.1) is 0 Å². The van der Waals surface area contributed by atoms with Crippen LogP contribution in [0.3, 0.4) is 0 Å². The van der Waals surface area contributed by atoms with Gasteiger partial charge in [0.15, 0.2) is 11.6 Å². The van der Waals surface area contributed by atoms with E-state index in [-0.39, 0.29) is 6.10 Å². The summed E-state index contributed by atoms with van der Waals surface area (Å²) >= 11 is 0. The lowest BCUT2D eigenvalue weighted by molar-refractivity contribution is 0.175. The molecule has 2 nitrogen and oxygen atoms in total. The standard InChI is InChI=1S/C14H19F2NO/c1-10(18)2-3-11-6-7-17(9-11)12-4-5-13(15)14(16)8-12/h4-5,8,10-11,18H,2-3,6-7,9H2,1H3. The normalized spacial score (nSPS) is 21.3. The molecule has 1 aliphatic rings. The van der Waals surface area contributed by atoms with Gasteiger partial charge in [-0.3, -0.25) is 0 Å². The van der Waals surface area contributed by atoms with Gasteiger partial charge >= 0.3 is 0 Å².